The fraction of sp³-hybridized carbons (Fsp3) is 0.500. The second kappa shape index (κ2) is 6.66. The first-order valence-electron chi connectivity index (χ1n) is 6.51. The molecule has 0 heterocycles. The Morgan fingerprint density at radius 1 is 1.55 bits per heavy atom. The van der Waals surface area contributed by atoms with Gasteiger partial charge in [-0.15, -0.1) is 0 Å². The zero-order valence-corrected chi connectivity index (χ0v) is 12.6. The van der Waals surface area contributed by atoms with E-state index in [0.717, 1.165) is 6.42 Å². The van der Waals surface area contributed by atoms with E-state index in [9.17, 15) is 9.90 Å². The zero-order valence-electron chi connectivity index (χ0n) is 11.1. The Morgan fingerprint density at radius 2 is 2.25 bits per heavy atom. The first-order valence-corrected chi connectivity index (χ1v) is 7.27. The van der Waals surface area contributed by atoms with Gasteiger partial charge in [0.05, 0.1) is 5.02 Å². The van der Waals surface area contributed by atoms with E-state index in [2.05, 4.69) is 5.32 Å². The van der Waals surface area contributed by atoms with Crippen molar-refractivity contribution in [2.45, 2.75) is 19.4 Å². The molecule has 1 saturated carbocycles. The van der Waals surface area contributed by atoms with Gasteiger partial charge in [-0.3, -0.25) is 4.79 Å². The molecule has 1 aromatic rings. The minimum absolute atomic E-state index is 0.00246. The Morgan fingerprint density at radius 3 is 2.90 bits per heavy atom. The molecule has 20 heavy (non-hydrogen) atoms. The van der Waals surface area contributed by atoms with Gasteiger partial charge in [0.15, 0.2) is 0 Å². The highest BCUT2D eigenvalue weighted by Gasteiger charge is 2.38. The first-order chi connectivity index (χ1) is 9.49. The maximum absolute atomic E-state index is 11.6. The molecule has 1 aromatic carbocycles. The average molecular weight is 318 g/mol. The van der Waals surface area contributed by atoms with Crippen molar-refractivity contribution < 1.29 is 14.6 Å². The van der Waals surface area contributed by atoms with Crippen molar-refractivity contribution in [2.75, 3.05) is 13.2 Å². The van der Waals surface area contributed by atoms with Crippen molar-refractivity contribution in [2.24, 2.45) is 11.8 Å². The van der Waals surface area contributed by atoms with Crippen molar-refractivity contribution in [3.8, 4) is 5.75 Å². The lowest BCUT2D eigenvalue weighted by Crippen LogP contribution is -2.36. The highest BCUT2D eigenvalue weighted by molar-refractivity contribution is 6.42. The number of aliphatic hydroxyl groups excluding tert-OH is 1. The predicted molar refractivity (Wildman–Crippen MR) is 78.2 cm³/mol. The van der Waals surface area contributed by atoms with E-state index in [1.54, 1.807) is 18.2 Å². The Balaban J connectivity index is 1.73. The monoisotopic (exact) mass is 317 g/mol. The average Bonchev–Trinajstić information content (AvgIpc) is 3.15. The normalized spacial score (nSPS) is 22.2. The lowest BCUT2D eigenvalue weighted by Gasteiger charge is -2.14. The smallest absolute Gasteiger partial charge is 0.223 e. The van der Waals surface area contributed by atoms with E-state index in [0.29, 0.717) is 21.7 Å². The number of hydrogen-bond acceptors (Lipinski definition) is 3. The van der Waals surface area contributed by atoms with Crippen LogP contribution in [0.1, 0.15) is 13.3 Å². The number of hydrogen-bond donors (Lipinski definition) is 2. The quantitative estimate of drug-likeness (QED) is 0.847. The number of nitrogens with one attached hydrogen (secondary N) is 1. The van der Waals surface area contributed by atoms with E-state index in [1.165, 1.54) is 0 Å². The summed E-state index contributed by atoms with van der Waals surface area (Å²) in [6.07, 6.45) is 0.138. The number of carbonyl (C=O) groups excluding carboxylic acids is 1. The van der Waals surface area contributed by atoms with E-state index in [1.807, 2.05) is 6.92 Å². The van der Waals surface area contributed by atoms with Crippen LogP contribution in [0, 0.1) is 11.8 Å². The molecule has 0 spiro atoms. The molecule has 6 heteroatoms. The van der Waals surface area contributed by atoms with Gasteiger partial charge in [-0.25, -0.2) is 0 Å². The number of carbonyl (C=O) groups is 1. The topological polar surface area (TPSA) is 58.6 Å². The largest absolute Gasteiger partial charge is 0.489 e. The summed E-state index contributed by atoms with van der Waals surface area (Å²) in [4.78, 5) is 11.6. The molecule has 1 aliphatic rings. The predicted octanol–water partition coefficient (Wildman–Crippen LogP) is 2.51. The second-order valence-corrected chi connectivity index (χ2v) is 5.87. The molecule has 0 aliphatic heterocycles. The number of ether oxygens (including phenoxy) is 1. The van der Waals surface area contributed by atoms with Crippen molar-refractivity contribution in [1.29, 1.82) is 0 Å². The van der Waals surface area contributed by atoms with Crippen LogP contribution in [0.5, 0.6) is 5.75 Å². The van der Waals surface area contributed by atoms with Crippen molar-refractivity contribution in [3.63, 3.8) is 0 Å². The van der Waals surface area contributed by atoms with E-state index >= 15 is 0 Å². The molecule has 0 saturated heterocycles. The van der Waals surface area contributed by atoms with Crippen LogP contribution in [-0.4, -0.2) is 30.3 Å². The lowest BCUT2D eigenvalue weighted by molar-refractivity contribution is -0.123. The van der Waals surface area contributed by atoms with Crippen LogP contribution in [-0.2, 0) is 4.79 Å². The molecular formula is C14H17Cl2NO3. The first kappa shape index (κ1) is 15.4. The van der Waals surface area contributed by atoms with E-state index in [4.69, 9.17) is 27.9 Å². The summed E-state index contributed by atoms with van der Waals surface area (Å²) in [5.41, 5.74) is 0. The number of aliphatic hydroxyl groups is 1. The fourth-order valence-corrected chi connectivity index (χ4v) is 2.22. The van der Waals surface area contributed by atoms with Gasteiger partial charge in [0.2, 0.25) is 5.91 Å². The van der Waals surface area contributed by atoms with Gasteiger partial charge < -0.3 is 15.2 Å². The van der Waals surface area contributed by atoms with Crippen molar-refractivity contribution in [1.82, 2.24) is 5.32 Å². The van der Waals surface area contributed by atoms with Gasteiger partial charge in [-0.05, 0) is 24.5 Å². The lowest BCUT2D eigenvalue weighted by atomic mass is 10.3. The zero-order chi connectivity index (χ0) is 14.7. The molecule has 2 N–H and O–H groups in total. The third-order valence-electron chi connectivity index (χ3n) is 3.31. The Labute approximate surface area is 128 Å². The molecule has 1 fully saturated rings. The highest BCUT2D eigenvalue weighted by atomic mass is 35.5. The van der Waals surface area contributed by atoms with Crippen LogP contribution in [0.25, 0.3) is 0 Å². The number of halogens is 2. The Kier molecular flexibility index (Phi) is 5.13. The van der Waals surface area contributed by atoms with Gasteiger partial charge in [0, 0.05) is 12.5 Å². The molecule has 4 nitrogen and oxygen atoms in total. The molecule has 0 radical (unpaired) electrons. The third kappa shape index (κ3) is 4.01. The fourth-order valence-electron chi connectivity index (χ4n) is 1.88. The molecular weight excluding hydrogens is 301 g/mol. The molecule has 0 aromatic heterocycles. The van der Waals surface area contributed by atoms with Crippen LogP contribution in [0.15, 0.2) is 18.2 Å². The van der Waals surface area contributed by atoms with E-state index in [-0.39, 0.29) is 25.0 Å². The Bertz CT molecular complexity index is 495. The number of benzene rings is 1. The summed E-state index contributed by atoms with van der Waals surface area (Å²) in [6.45, 7) is 2.24. The molecule has 0 bridgehead atoms. The molecule has 3 atom stereocenters. The van der Waals surface area contributed by atoms with Crippen LogP contribution in [0.3, 0.4) is 0 Å². The van der Waals surface area contributed by atoms with Gasteiger partial charge in [0.25, 0.3) is 0 Å². The van der Waals surface area contributed by atoms with Crippen LogP contribution in [0.4, 0.5) is 0 Å². The standard InChI is InChI=1S/C14H17Cl2NO3/c1-8-5-10(8)14(19)17-6-9(18)7-20-12-4-2-3-11(15)13(12)16/h2-4,8-10,18H,5-7H2,1H3,(H,17,19)/t8-,9+,10+/m1/s1. The minimum atomic E-state index is -0.789. The van der Waals surface area contributed by atoms with Crippen LogP contribution in [0.2, 0.25) is 10.0 Å². The molecule has 0 unspecified atom stereocenters. The van der Waals surface area contributed by atoms with E-state index < -0.39 is 6.10 Å². The van der Waals surface area contributed by atoms with Crippen molar-refractivity contribution >= 4 is 29.1 Å². The summed E-state index contributed by atoms with van der Waals surface area (Å²) < 4.78 is 5.39. The van der Waals surface area contributed by atoms with Gasteiger partial charge in [0.1, 0.15) is 23.5 Å². The van der Waals surface area contributed by atoms with Gasteiger partial charge >= 0.3 is 0 Å². The SMILES string of the molecule is C[C@@H]1C[C@@H]1C(=O)NC[C@H](O)COc1cccc(Cl)c1Cl. The Hall–Kier alpha value is -0.970. The number of amides is 1. The highest BCUT2D eigenvalue weighted by Crippen LogP contribution is 2.37. The van der Waals surface area contributed by atoms with Gasteiger partial charge in [-0.2, -0.15) is 0 Å². The summed E-state index contributed by atoms with van der Waals surface area (Å²) in [5, 5.41) is 13.2. The number of rotatable bonds is 6. The molecule has 2 rings (SSSR count). The molecule has 1 aliphatic carbocycles. The third-order valence-corrected chi connectivity index (χ3v) is 4.11. The van der Waals surface area contributed by atoms with Crippen LogP contribution >= 0.6 is 23.2 Å². The summed E-state index contributed by atoms with van der Waals surface area (Å²) >= 11 is 11.8. The summed E-state index contributed by atoms with van der Waals surface area (Å²) in [5.74, 6) is 0.969. The van der Waals surface area contributed by atoms with Crippen LogP contribution < -0.4 is 10.1 Å². The van der Waals surface area contributed by atoms with Crippen molar-refractivity contribution in [3.05, 3.63) is 28.2 Å². The summed E-state index contributed by atoms with van der Waals surface area (Å²) in [7, 11) is 0. The minimum Gasteiger partial charge on any atom is -0.489 e. The molecule has 110 valence electrons. The van der Waals surface area contributed by atoms with Gasteiger partial charge in [-0.1, -0.05) is 36.2 Å². The maximum atomic E-state index is 11.6. The molecule has 1 amide bonds. The maximum Gasteiger partial charge on any atom is 0.223 e. The second-order valence-electron chi connectivity index (χ2n) is 5.08. The summed E-state index contributed by atoms with van der Waals surface area (Å²) in [6, 6.07) is 5.04.